The van der Waals surface area contributed by atoms with Crippen LogP contribution < -0.4 is 5.32 Å². The molecular formula is C19H29ClN2O. The maximum atomic E-state index is 12.8. The lowest BCUT2D eigenvalue weighted by molar-refractivity contribution is -0.134. The molecule has 1 saturated heterocycles. The Balaban J connectivity index is 0.00000192. The van der Waals surface area contributed by atoms with Crippen molar-refractivity contribution >= 4 is 18.3 Å². The van der Waals surface area contributed by atoms with E-state index in [4.69, 9.17) is 0 Å². The molecule has 0 saturated carbocycles. The summed E-state index contributed by atoms with van der Waals surface area (Å²) in [4.78, 5) is 15.0. The number of nitrogens with one attached hydrogen (secondary N) is 1. The number of hydrogen-bond acceptors (Lipinski definition) is 2. The number of halogens is 1. The predicted octanol–water partition coefficient (Wildman–Crippen LogP) is 3.20. The molecule has 3 nitrogen and oxygen atoms in total. The molecule has 2 unspecified atom stereocenters. The topological polar surface area (TPSA) is 32.3 Å². The molecule has 0 spiro atoms. The average molecular weight is 337 g/mol. The monoisotopic (exact) mass is 336 g/mol. The Hall–Kier alpha value is -1.06. The van der Waals surface area contributed by atoms with Crippen molar-refractivity contribution in [1.82, 2.24) is 10.2 Å². The number of rotatable bonds is 5. The second-order valence-electron chi connectivity index (χ2n) is 6.82. The van der Waals surface area contributed by atoms with E-state index >= 15 is 0 Å². The van der Waals surface area contributed by atoms with E-state index in [0.717, 1.165) is 58.2 Å². The molecule has 1 aromatic carbocycles. The SMILES string of the molecule is CCCN(C(=O)CC1CCc2ccccc2C1)C1CCNC1.Cl. The molecule has 1 heterocycles. The Morgan fingerprint density at radius 1 is 1.26 bits per heavy atom. The second kappa shape index (κ2) is 8.70. The molecule has 1 aliphatic carbocycles. The van der Waals surface area contributed by atoms with Gasteiger partial charge in [-0.3, -0.25) is 4.79 Å². The smallest absolute Gasteiger partial charge is 0.223 e. The van der Waals surface area contributed by atoms with Crippen LogP contribution in [0.15, 0.2) is 24.3 Å². The van der Waals surface area contributed by atoms with E-state index in [-0.39, 0.29) is 12.4 Å². The van der Waals surface area contributed by atoms with Gasteiger partial charge in [0.15, 0.2) is 0 Å². The molecule has 1 N–H and O–H groups in total. The van der Waals surface area contributed by atoms with Crippen molar-refractivity contribution in [1.29, 1.82) is 0 Å². The van der Waals surface area contributed by atoms with E-state index < -0.39 is 0 Å². The lowest BCUT2D eigenvalue weighted by atomic mass is 9.82. The number of amides is 1. The Morgan fingerprint density at radius 2 is 2.04 bits per heavy atom. The van der Waals surface area contributed by atoms with Crippen molar-refractivity contribution in [2.24, 2.45) is 5.92 Å². The van der Waals surface area contributed by atoms with Crippen molar-refractivity contribution in [2.45, 2.75) is 51.5 Å². The summed E-state index contributed by atoms with van der Waals surface area (Å²) in [5.41, 5.74) is 2.94. The fourth-order valence-electron chi connectivity index (χ4n) is 3.97. The Morgan fingerprint density at radius 3 is 2.74 bits per heavy atom. The van der Waals surface area contributed by atoms with E-state index in [1.807, 2.05) is 0 Å². The maximum absolute atomic E-state index is 12.8. The third-order valence-electron chi connectivity index (χ3n) is 5.17. The Bertz CT molecular complexity index is 514. The van der Waals surface area contributed by atoms with Gasteiger partial charge in [-0.2, -0.15) is 0 Å². The van der Waals surface area contributed by atoms with Gasteiger partial charge >= 0.3 is 0 Å². The molecule has 1 fully saturated rings. The van der Waals surface area contributed by atoms with E-state index in [1.165, 1.54) is 11.1 Å². The molecule has 1 aromatic rings. The number of fused-ring (bicyclic) bond motifs is 1. The van der Waals surface area contributed by atoms with E-state index in [9.17, 15) is 4.79 Å². The van der Waals surface area contributed by atoms with Crippen LogP contribution in [-0.2, 0) is 17.6 Å². The van der Waals surface area contributed by atoms with Gasteiger partial charge in [-0.25, -0.2) is 0 Å². The van der Waals surface area contributed by atoms with Crippen molar-refractivity contribution in [2.75, 3.05) is 19.6 Å². The fraction of sp³-hybridized carbons (Fsp3) is 0.632. The molecule has 0 radical (unpaired) electrons. The zero-order chi connectivity index (χ0) is 15.4. The van der Waals surface area contributed by atoms with Gasteiger partial charge in [0.2, 0.25) is 5.91 Å². The van der Waals surface area contributed by atoms with Crippen molar-refractivity contribution in [3.8, 4) is 0 Å². The highest BCUT2D eigenvalue weighted by molar-refractivity contribution is 5.85. The van der Waals surface area contributed by atoms with Gasteiger partial charge in [0.05, 0.1) is 0 Å². The number of carbonyl (C=O) groups excluding carboxylic acids is 1. The highest BCUT2D eigenvalue weighted by Crippen LogP contribution is 2.28. The number of nitrogens with zero attached hydrogens (tertiary/aromatic N) is 1. The molecule has 2 aliphatic rings. The number of carbonyl (C=O) groups is 1. The van der Waals surface area contributed by atoms with Gasteiger partial charge in [-0.05, 0) is 55.7 Å². The van der Waals surface area contributed by atoms with Gasteiger partial charge in [-0.1, -0.05) is 31.2 Å². The van der Waals surface area contributed by atoms with E-state index in [2.05, 4.69) is 41.4 Å². The summed E-state index contributed by atoms with van der Waals surface area (Å²) in [7, 11) is 0. The van der Waals surface area contributed by atoms with Crippen molar-refractivity contribution in [3.05, 3.63) is 35.4 Å². The summed E-state index contributed by atoms with van der Waals surface area (Å²) in [5, 5.41) is 3.39. The third-order valence-corrected chi connectivity index (χ3v) is 5.17. The highest BCUT2D eigenvalue weighted by Gasteiger charge is 2.28. The normalized spacial score (nSPS) is 23.0. The zero-order valence-corrected chi connectivity index (χ0v) is 14.9. The van der Waals surface area contributed by atoms with Crippen LogP contribution in [-0.4, -0.2) is 36.5 Å². The summed E-state index contributed by atoms with van der Waals surface area (Å²) < 4.78 is 0. The molecular weight excluding hydrogens is 308 g/mol. The quantitative estimate of drug-likeness (QED) is 0.895. The zero-order valence-electron chi connectivity index (χ0n) is 14.1. The second-order valence-corrected chi connectivity index (χ2v) is 6.82. The lowest BCUT2D eigenvalue weighted by Gasteiger charge is -2.31. The highest BCUT2D eigenvalue weighted by atomic mass is 35.5. The fourth-order valence-corrected chi connectivity index (χ4v) is 3.97. The standard InChI is InChI=1S/C19H28N2O.ClH/c1-2-11-21(18-9-10-20-14-18)19(22)13-15-7-8-16-5-3-4-6-17(16)12-15;/h3-6,15,18,20H,2,7-14H2,1H3;1H. The number of benzene rings is 1. The largest absolute Gasteiger partial charge is 0.338 e. The van der Waals surface area contributed by atoms with Crippen LogP contribution in [0, 0.1) is 5.92 Å². The number of hydrogen-bond donors (Lipinski definition) is 1. The molecule has 128 valence electrons. The minimum atomic E-state index is 0. The Labute approximate surface area is 146 Å². The van der Waals surface area contributed by atoms with Gasteiger partial charge < -0.3 is 10.2 Å². The molecule has 0 aromatic heterocycles. The van der Waals surface area contributed by atoms with Crippen molar-refractivity contribution < 1.29 is 4.79 Å². The lowest BCUT2D eigenvalue weighted by Crippen LogP contribution is -2.43. The first-order chi connectivity index (χ1) is 10.8. The molecule has 3 rings (SSSR count). The summed E-state index contributed by atoms with van der Waals surface area (Å²) in [6, 6.07) is 9.14. The van der Waals surface area contributed by atoms with Gasteiger partial charge in [0.1, 0.15) is 0 Å². The van der Waals surface area contributed by atoms with Gasteiger partial charge in [-0.15, -0.1) is 12.4 Å². The van der Waals surface area contributed by atoms with Crippen LogP contribution in [0.3, 0.4) is 0 Å². The van der Waals surface area contributed by atoms with Crippen LogP contribution in [0.25, 0.3) is 0 Å². The summed E-state index contributed by atoms with van der Waals surface area (Å²) in [6.45, 7) is 5.10. The molecule has 4 heteroatoms. The van der Waals surface area contributed by atoms with E-state index in [0.29, 0.717) is 17.9 Å². The number of aryl methyl sites for hydroxylation is 1. The summed E-state index contributed by atoms with van der Waals surface area (Å²) in [6.07, 6.45) is 6.25. The first-order valence-corrected chi connectivity index (χ1v) is 8.85. The molecule has 2 atom stereocenters. The molecule has 23 heavy (non-hydrogen) atoms. The predicted molar refractivity (Wildman–Crippen MR) is 97.1 cm³/mol. The van der Waals surface area contributed by atoms with Crippen LogP contribution in [0.2, 0.25) is 0 Å². The molecule has 1 aliphatic heterocycles. The maximum Gasteiger partial charge on any atom is 0.223 e. The van der Waals surface area contributed by atoms with Crippen LogP contribution in [0.1, 0.15) is 43.7 Å². The molecule has 1 amide bonds. The first-order valence-electron chi connectivity index (χ1n) is 8.85. The van der Waals surface area contributed by atoms with Gasteiger partial charge in [0.25, 0.3) is 0 Å². The van der Waals surface area contributed by atoms with Crippen LogP contribution in [0.5, 0.6) is 0 Å². The van der Waals surface area contributed by atoms with Crippen LogP contribution >= 0.6 is 12.4 Å². The summed E-state index contributed by atoms with van der Waals surface area (Å²) in [5.74, 6) is 0.899. The van der Waals surface area contributed by atoms with Gasteiger partial charge in [0, 0.05) is 25.6 Å². The average Bonchev–Trinajstić information content (AvgIpc) is 3.06. The van der Waals surface area contributed by atoms with E-state index in [1.54, 1.807) is 0 Å². The molecule has 0 bridgehead atoms. The minimum Gasteiger partial charge on any atom is -0.338 e. The minimum absolute atomic E-state index is 0. The first kappa shape index (κ1) is 18.3. The Kier molecular flexibility index (Phi) is 6.91. The summed E-state index contributed by atoms with van der Waals surface area (Å²) >= 11 is 0. The van der Waals surface area contributed by atoms with Crippen molar-refractivity contribution in [3.63, 3.8) is 0 Å². The third kappa shape index (κ3) is 4.48. The van der Waals surface area contributed by atoms with Crippen LogP contribution in [0.4, 0.5) is 0 Å².